The molecule has 0 aliphatic rings. The van der Waals surface area contributed by atoms with Crippen molar-refractivity contribution in [2.75, 3.05) is 0 Å². The van der Waals surface area contributed by atoms with Crippen LogP contribution in [0.2, 0.25) is 0 Å². The number of fused-ring (bicyclic) bond motifs is 1. The predicted octanol–water partition coefficient (Wildman–Crippen LogP) is 3.74. The van der Waals surface area contributed by atoms with Gasteiger partial charge in [-0.1, -0.05) is 20.8 Å². The zero-order valence-corrected chi connectivity index (χ0v) is 13.3. The van der Waals surface area contributed by atoms with E-state index in [2.05, 4.69) is 30.4 Å². The molecule has 0 amide bonds. The molecule has 4 nitrogen and oxygen atoms in total. The van der Waals surface area contributed by atoms with Crippen LogP contribution in [0.4, 0.5) is 0 Å². The monoisotopic (exact) mass is 282 g/mol. The van der Waals surface area contributed by atoms with Gasteiger partial charge in [-0.2, -0.15) is 5.10 Å². The Morgan fingerprint density at radius 3 is 2.21 bits per heavy atom. The quantitative estimate of drug-likeness (QED) is 0.783. The van der Waals surface area contributed by atoms with Crippen LogP contribution in [0.15, 0.2) is 0 Å². The number of imidazole rings is 1. The van der Waals surface area contributed by atoms with Crippen molar-refractivity contribution >= 4 is 22.8 Å². The number of aryl methyl sites for hydroxylation is 2. The maximum Gasteiger partial charge on any atom is 0.159 e. The molecule has 0 bridgehead atoms. The van der Waals surface area contributed by atoms with E-state index in [0.717, 1.165) is 41.9 Å². The van der Waals surface area contributed by atoms with Gasteiger partial charge in [0.25, 0.3) is 0 Å². The Hall–Kier alpha value is -1.03. The lowest BCUT2D eigenvalue weighted by molar-refractivity contribution is 0.249. The molecule has 0 atom stereocenters. The van der Waals surface area contributed by atoms with Crippen LogP contribution in [0, 0.1) is 6.92 Å². The fourth-order valence-electron chi connectivity index (χ4n) is 3.13. The molecule has 2 aromatic heterocycles. The zero-order valence-electron chi connectivity index (χ0n) is 12.5. The van der Waals surface area contributed by atoms with Crippen LogP contribution >= 0.6 is 11.6 Å². The first kappa shape index (κ1) is 14.4. The van der Waals surface area contributed by atoms with Crippen molar-refractivity contribution in [2.24, 2.45) is 7.05 Å². The third-order valence-corrected chi connectivity index (χ3v) is 4.68. The summed E-state index contributed by atoms with van der Waals surface area (Å²) in [6, 6.07) is 0. The van der Waals surface area contributed by atoms with Crippen molar-refractivity contribution in [3.8, 4) is 0 Å². The minimum Gasteiger partial charge on any atom is -0.306 e. The third kappa shape index (κ3) is 1.97. The van der Waals surface area contributed by atoms with E-state index in [1.54, 1.807) is 0 Å². The Morgan fingerprint density at radius 2 is 1.74 bits per heavy atom. The molecule has 2 rings (SSSR count). The van der Waals surface area contributed by atoms with Crippen molar-refractivity contribution < 1.29 is 0 Å². The molecular formula is C14H23ClN4. The van der Waals surface area contributed by atoms with Crippen molar-refractivity contribution in [2.45, 2.75) is 58.4 Å². The summed E-state index contributed by atoms with van der Waals surface area (Å²) in [5.74, 6) is 1.40. The summed E-state index contributed by atoms with van der Waals surface area (Å²) in [6.07, 6.45) is 3.21. The van der Waals surface area contributed by atoms with E-state index in [-0.39, 0.29) is 5.54 Å². The highest BCUT2D eigenvalue weighted by Crippen LogP contribution is 2.35. The molecule has 2 aromatic rings. The second kappa shape index (κ2) is 5.16. The Morgan fingerprint density at radius 1 is 1.16 bits per heavy atom. The molecule has 0 saturated carbocycles. The van der Waals surface area contributed by atoms with Gasteiger partial charge in [-0.25, -0.2) is 4.98 Å². The van der Waals surface area contributed by atoms with Crippen molar-refractivity contribution in [1.29, 1.82) is 0 Å². The van der Waals surface area contributed by atoms with E-state index in [1.807, 2.05) is 18.7 Å². The highest BCUT2D eigenvalue weighted by molar-refractivity contribution is 6.16. The second-order valence-electron chi connectivity index (χ2n) is 5.16. The zero-order chi connectivity index (χ0) is 14.2. The van der Waals surface area contributed by atoms with Crippen molar-refractivity contribution in [1.82, 2.24) is 19.3 Å². The SMILES string of the molecule is CCC(CC)(CC)n1c(CCl)nc2c(C)nn(C)c21. The molecule has 19 heavy (non-hydrogen) atoms. The largest absolute Gasteiger partial charge is 0.306 e. The number of rotatable bonds is 5. The fraction of sp³-hybridized carbons (Fsp3) is 0.714. The van der Waals surface area contributed by atoms with Crippen LogP contribution in [-0.4, -0.2) is 19.3 Å². The number of hydrogen-bond acceptors (Lipinski definition) is 2. The molecule has 0 aliphatic carbocycles. The van der Waals surface area contributed by atoms with Crippen LogP contribution in [0.3, 0.4) is 0 Å². The summed E-state index contributed by atoms with van der Waals surface area (Å²) in [7, 11) is 1.98. The van der Waals surface area contributed by atoms with Crippen LogP contribution < -0.4 is 0 Å². The fourth-order valence-corrected chi connectivity index (χ4v) is 3.31. The van der Waals surface area contributed by atoms with E-state index in [0.29, 0.717) is 5.88 Å². The Bertz CT molecular complexity index is 570. The minimum atomic E-state index is 0.0825. The van der Waals surface area contributed by atoms with Crippen LogP contribution in [0.1, 0.15) is 51.6 Å². The summed E-state index contributed by atoms with van der Waals surface area (Å²) in [6.45, 7) is 8.71. The Kier molecular flexibility index (Phi) is 3.90. The number of halogens is 1. The lowest BCUT2D eigenvalue weighted by Crippen LogP contribution is -2.33. The smallest absolute Gasteiger partial charge is 0.159 e. The summed E-state index contributed by atoms with van der Waals surface area (Å²) in [4.78, 5) is 4.71. The van der Waals surface area contributed by atoms with Gasteiger partial charge in [0.2, 0.25) is 0 Å². The summed E-state index contributed by atoms with van der Waals surface area (Å²) < 4.78 is 4.26. The number of alkyl halides is 1. The third-order valence-electron chi connectivity index (χ3n) is 4.44. The van der Waals surface area contributed by atoms with E-state index in [1.165, 1.54) is 0 Å². The summed E-state index contributed by atoms with van der Waals surface area (Å²) in [5, 5.41) is 4.49. The highest BCUT2D eigenvalue weighted by Gasteiger charge is 2.32. The van der Waals surface area contributed by atoms with Crippen molar-refractivity contribution in [3.63, 3.8) is 0 Å². The number of hydrogen-bond donors (Lipinski definition) is 0. The Labute approximate surface area is 119 Å². The molecule has 0 aromatic carbocycles. The maximum atomic E-state index is 6.13. The van der Waals surface area contributed by atoms with Crippen LogP contribution in [0.5, 0.6) is 0 Å². The topological polar surface area (TPSA) is 35.6 Å². The normalized spacial score (nSPS) is 12.5. The molecule has 0 saturated heterocycles. The standard InChI is InChI=1S/C14H23ClN4/c1-6-14(7-2,8-3)19-11(9-15)16-12-10(4)17-18(5)13(12)19/h6-9H2,1-5H3. The Balaban J connectivity index is 2.83. The van der Waals surface area contributed by atoms with Crippen LogP contribution in [-0.2, 0) is 18.5 Å². The second-order valence-corrected chi connectivity index (χ2v) is 5.43. The maximum absolute atomic E-state index is 6.13. The molecule has 0 radical (unpaired) electrons. The molecule has 5 heteroatoms. The van der Waals surface area contributed by atoms with E-state index in [9.17, 15) is 0 Å². The molecule has 2 heterocycles. The van der Waals surface area contributed by atoms with Gasteiger partial charge in [-0.15, -0.1) is 11.6 Å². The number of aromatic nitrogens is 4. The first-order chi connectivity index (χ1) is 9.04. The molecule has 0 N–H and O–H groups in total. The first-order valence-electron chi connectivity index (χ1n) is 7.02. The number of nitrogens with zero attached hydrogens (tertiary/aromatic N) is 4. The van der Waals surface area contributed by atoms with Gasteiger partial charge in [0.05, 0.1) is 11.6 Å². The van der Waals surface area contributed by atoms with Crippen LogP contribution in [0.25, 0.3) is 11.2 Å². The molecular weight excluding hydrogens is 260 g/mol. The minimum absolute atomic E-state index is 0.0825. The van der Waals surface area contributed by atoms with Gasteiger partial charge in [-0.05, 0) is 26.2 Å². The van der Waals surface area contributed by atoms with Gasteiger partial charge in [0.1, 0.15) is 11.3 Å². The average Bonchev–Trinajstić information content (AvgIpc) is 2.93. The van der Waals surface area contributed by atoms with Gasteiger partial charge in [0.15, 0.2) is 5.65 Å². The molecule has 106 valence electrons. The first-order valence-corrected chi connectivity index (χ1v) is 7.55. The van der Waals surface area contributed by atoms with Gasteiger partial charge >= 0.3 is 0 Å². The summed E-state index contributed by atoms with van der Waals surface area (Å²) in [5.41, 5.74) is 3.13. The van der Waals surface area contributed by atoms with E-state index < -0.39 is 0 Å². The molecule has 0 spiro atoms. The highest BCUT2D eigenvalue weighted by atomic mass is 35.5. The lowest BCUT2D eigenvalue weighted by atomic mass is 9.89. The average molecular weight is 283 g/mol. The van der Waals surface area contributed by atoms with Crippen molar-refractivity contribution in [3.05, 3.63) is 11.5 Å². The molecule has 0 aliphatic heterocycles. The molecule has 0 fully saturated rings. The molecule has 0 unspecified atom stereocenters. The van der Waals surface area contributed by atoms with Gasteiger partial charge in [-0.3, -0.25) is 4.68 Å². The predicted molar refractivity (Wildman–Crippen MR) is 79.6 cm³/mol. The van der Waals surface area contributed by atoms with Gasteiger partial charge in [0, 0.05) is 12.6 Å². The van der Waals surface area contributed by atoms with Gasteiger partial charge < -0.3 is 4.57 Å². The van der Waals surface area contributed by atoms with E-state index in [4.69, 9.17) is 16.6 Å². The summed E-state index contributed by atoms with van der Waals surface area (Å²) >= 11 is 6.13. The van der Waals surface area contributed by atoms with E-state index >= 15 is 0 Å². The lowest BCUT2D eigenvalue weighted by Gasteiger charge is -2.34.